The monoisotopic (exact) mass is 259 g/mol. The molecule has 0 aliphatic rings. The van der Waals surface area contributed by atoms with Crippen LogP contribution >= 0.6 is 22.9 Å². The van der Waals surface area contributed by atoms with E-state index in [1.54, 1.807) is 11.3 Å². The van der Waals surface area contributed by atoms with Gasteiger partial charge < -0.3 is 10.1 Å². The van der Waals surface area contributed by atoms with Gasteiger partial charge in [0.15, 0.2) is 0 Å². The van der Waals surface area contributed by atoms with E-state index in [9.17, 15) is 4.79 Å². The molecule has 0 unspecified atom stereocenters. The molecule has 16 heavy (non-hydrogen) atoms. The number of hydrogen-bond donors (Lipinski definition) is 1. The molecule has 0 amide bonds. The van der Waals surface area contributed by atoms with Crippen LogP contribution in [0.25, 0.3) is 0 Å². The van der Waals surface area contributed by atoms with Crippen LogP contribution in [0.5, 0.6) is 0 Å². The molecule has 0 saturated heterocycles. The number of halogens is 1. The van der Waals surface area contributed by atoms with E-state index in [1.165, 1.54) is 7.11 Å². The van der Waals surface area contributed by atoms with Gasteiger partial charge in [-0.25, -0.2) is 0 Å². The lowest BCUT2D eigenvalue weighted by molar-refractivity contribution is -0.139. The first-order valence-electron chi connectivity index (χ1n) is 4.80. The predicted octanol–water partition coefficient (Wildman–Crippen LogP) is 2.31. The molecule has 3 nitrogen and oxygen atoms in total. The Labute approximate surface area is 104 Å². The quantitative estimate of drug-likeness (QED) is 0.797. The summed E-state index contributed by atoms with van der Waals surface area (Å²) in [5.74, 6) is -0.213. The summed E-state index contributed by atoms with van der Waals surface area (Å²) in [7, 11) is 1.39. The zero-order valence-corrected chi connectivity index (χ0v) is 10.7. The van der Waals surface area contributed by atoms with Gasteiger partial charge in [-0.15, -0.1) is 11.3 Å². The lowest BCUT2D eigenvalue weighted by atomic mass is 10.3. The van der Waals surface area contributed by atoms with Crippen molar-refractivity contribution >= 4 is 28.9 Å². The molecule has 0 aromatic carbocycles. The minimum atomic E-state index is -0.213. The number of nitrogens with one attached hydrogen (secondary N) is 1. The standard InChI is InChI=1S/C11H14ClNO2S/c1-8(12)6-13-7-10-4-3-9(16-10)5-11(14)15-2/h3-4,13H,1,5-7H2,2H3. The third-order valence-electron chi connectivity index (χ3n) is 1.88. The van der Waals surface area contributed by atoms with Crippen molar-refractivity contribution in [3.8, 4) is 0 Å². The summed E-state index contributed by atoms with van der Waals surface area (Å²) in [5.41, 5.74) is 0. The number of carbonyl (C=O) groups excluding carboxylic acids is 1. The van der Waals surface area contributed by atoms with E-state index < -0.39 is 0 Å². The Bertz CT molecular complexity index is 376. The summed E-state index contributed by atoms with van der Waals surface area (Å²) in [5, 5.41) is 3.73. The highest BCUT2D eigenvalue weighted by Gasteiger charge is 2.05. The van der Waals surface area contributed by atoms with E-state index in [1.807, 2.05) is 12.1 Å². The Hall–Kier alpha value is -0.840. The highest BCUT2D eigenvalue weighted by molar-refractivity contribution is 7.12. The van der Waals surface area contributed by atoms with Crippen molar-refractivity contribution in [3.63, 3.8) is 0 Å². The largest absolute Gasteiger partial charge is 0.469 e. The van der Waals surface area contributed by atoms with Crippen molar-refractivity contribution in [1.82, 2.24) is 5.32 Å². The maximum absolute atomic E-state index is 11.0. The van der Waals surface area contributed by atoms with Crippen molar-refractivity contribution < 1.29 is 9.53 Å². The van der Waals surface area contributed by atoms with Crippen LogP contribution in [0.4, 0.5) is 0 Å². The van der Waals surface area contributed by atoms with Crippen molar-refractivity contribution in [3.05, 3.63) is 33.5 Å². The summed E-state index contributed by atoms with van der Waals surface area (Å²) in [6.45, 7) is 4.91. The summed E-state index contributed by atoms with van der Waals surface area (Å²) >= 11 is 7.21. The first-order valence-corrected chi connectivity index (χ1v) is 5.99. The molecular formula is C11H14ClNO2S. The SMILES string of the molecule is C=C(Cl)CNCc1ccc(CC(=O)OC)s1. The molecule has 1 heterocycles. The van der Waals surface area contributed by atoms with E-state index >= 15 is 0 Å². The van der Waals surface area contributed by atoms with Gasteiger partial charge in [0.05, 0.1) is 13.5 Å². The second-order valence-corrected chi connectivity index (χ2v) is 5.03. The Morgan fingerprint density at radius 3 is 2.88 bits per heavy atom. The molecule has 0 spiro atoms. The normalized spacial score (nSPS) is 10.1. The lowest BCUT2D eigenvalue weighted by Crippen LogP contribution is -2.13. The van der Waals surface area contributed by atoms with E-state index in [-0.39, 0.29) is 5.97 Å². The van der Waals surface area contributed by atoms with Crippen LogP contribution in [-0.4, -0.2) is 19.6 Å². The maximum Gasteiger partial charge on any atom is 0.310 e. The summed E-state index contributed by atoms with van der Waals surface area (Å²) in [4.78, 5) is 13.2. The molecule has 1 aromatic heterocycles. The number of carbonyl (C=O) groups is 1. The van der Waals surface area contributed by atoms with Gasteiger partial charge in [0.25, 0.3) is 0 Å². The molecule has 0 fully saturated rings. The second kappa shape index (κ2) is 6.68. The molecule has 0 aliphatic heterocycles. The Morgan fingerprint density at radius 2 is 2.25 bits per heavy atom. The van der Waals surface area contributed by atoms with Crippen LogP contribution in [0.1, 0.15) is 9.75 Å². The van der Waals surface area contributed by atoms with Gasteiger partial charge in [0.2, 0.25) is 0 Å². The molecule has 0 aliphatic carbocycles. The zero-order valence-electron chi connectivity index (χ0n) is 9.09. The Balaban J connectivity index is 2.39. The molecule has 88 valence electrons. The number of esters is 1. The van der Waals surface area contributed by atoms with Crippen LogP contribution in [0.3, 0.4) is 0 Å². The Morgan fingerprint density at radius 1 is 1.56 bits per heavy atom. The van der Waals surface area contributed by atoms with Crippen molar-refractivity contribution in [2.45, 2.75) is 13.0 Å². The van der Waals surface area contributed by atoms with Crippen LogP contribution < -0.4 is 5.32 Å². The van der Waals surface area contributed by atoms with E-state index in [4.69, 9.17) is 11.6 Å². The first kappa shape index (κ1) is 13.2. The summed E-state index contributed by atoms with van der Waals surface area (Å²) in [6, 6.07) is 3.93. The van der Waals surface area contributed by atoms with Gasteiger partial charge in [-0.05, 0) is 12.1 Å². The Kier molecular flexibility index (Phi) is 5.52. The molecule has 0 bridgehead atoms. The topological polar surface area (TPSA) is 38.3 Å². The van der Waals surface area contributed by atoms with Gasteiger partial charge in [0, 0.05) is 27.9 Å². The number of ether oxygens (including phenoxy) is 1. The van der Waals surface area contributed by atoms with Crippen molar-refractivity contribution in [1.29, 1.82) is 0 Å². The summed E-state index contributed by atoms with van der Waals surface area (Å²) < 4.78 is 4.60. The third kappa shape index (κ3) is 4.79. The summed E-state index contributed by atoms with van der Waals surface area (Å²) in [6.07, 6.45) is 0.337. The molecule has 1 rings (SSSR count). The average Bonchev–Trinajstić information content (AvgIpc) is 2.65. The third-order valence-corrected chi connectivity index (χ3v) is 3.10. The van der Waals surface area contributed by atoms with E-state index in [0.29, 0.717) is 18.0 Å². The first-order chi connectivity index (χ1) is 7.61. The molecule has 5 heteroatoms. The van der Waals surface area contributed by atoms with Gasteiger partial charge in [-0.3, -0.25) is 4.79 Å². The maximum atomic E-state index is 11.0. The fourth-order valence-electron chi connectivity index (χ4n) is 1.15. The molecular weight excluding hydrogens is 246 g/mol. The van der Waals surface area contributed by atoms with Crippen LogP contribution in [0.15, 0.2) is 23.7 Å². The highest BCUT2D eigenvalue weighted by Crippen LogP contribution is 2.17. The average molecular weight is 260 g/mol. The molecule has 0 atom stereocenters. The fraction of sp³-hybridized carbons (Fsp3) is 0.364. The molecule has 1 aromatic rings. The highest BCUT2D eigenvalue weighted by atomic mass is 35.5. The molecule has 1 N–H and O–H groups in total. The molecule has 0 radical (unpaired) electrons. The molecule has 0 saturated carbocycles. The van der Waals surface area contributed by atoms with Crippen LogP contribution in [-0.2, 0) is 22.5 Å². The minimum Gasteiger partial charge on any atom is -0.469 e. The second-order valence-electron chi connectivity index (χ2n) is 3.24. The van der Waals surface area contributed by atoms with Gasteiger partial charge in [-0.1, -0.05) is 18.2 Å². The van der Waals surface area contributed by atoms with Gasteiger partial charge in [-0.2, -0.15) is 0 Å². The van der Waals surface area contributed by atoms with Crippen molar-refractivity contribution in [2.24, 2.45) is 0 Å². The zero-order chi connectivity index (χ0) is 12.0. The van der Waals surface area contributed by atoms with Crippen LogP contribution in [0, 0.1) is 0 Å². The minimum absolute atomic E-state index is 0.213. The number of hydrogen-bond acceptors (Lipinski definition) is 4. The van der Waals surface area contributed by atoms with E-state index in [0.717, 1.165) is 16.3 Å². The predicted molar refractivity (Wildman–Crippen MR) is 66.7 cm³/mol. The van der Waals surface area contributed by atoms with E-state index in [2.05, 4.69) is 16.6 Å². The van der Waals surface area contributed by atoms with Gasteiger partial charge in [0.1, 0.15) is 0 Å². The van der Waals surface area contributed by atoms with Gasteiger partial charge >= 0.3 is 5.97 Å². The number of thiophene rings is 1. The lowest BCUT2D eigenvalue weighted by Gasteiger charge is -2.00. The van der Waals surface area contributed by atoms with Crippen molar-refractivity contribution in [2.75, 3.05) is 13.7 Å². The number of methoxy groups -OCH3 is 1. The fourth-order valence-corrected chi connectivity index (χ4v) is 2.22. The number of rotatable bonds is 6. The van der Waals surface area contributed by atoms with Crippen LogP contribution in [0.2, 0.25) is 0 Å². The smallest absolute Gasteiger partial charge is 0.310 e.